The Bertz CT molecular complexity index is 1250. The van der Waals surface area contributed by atoms with Crippen LogP contribution in [0.2, 0.25) is 0 Å². The molecule has 176 valence electrons. The van der Waals surface area contributed by atoms with Gasteiger partial charge in [0.25, 0.3) is 5.91 Å². The van der Waals surface area contributed by atoms with Crippen LogP contribution in [-0.2, 0) is 17.0 Å². The van der Waals surface area contributed by atoms with Crippen LogP contribution in [0.3, 0.4) is 0 Å². The molecule has 0 unspecified atom stereocenters. The van der Waals surface area contributed by atoms with Gasteiger partial charge in [-0.3, -0.25) is 14.6 Å². The fourth-order valence-corrected chi connectivity index (χ4v) is 4.24. The van der Waals surface area contributed by atoms with Crippen LogP contribution in [0.15, 0.2) is 108 Å². The lowest BCUT2D eigenvalue weighted by Crippen LogP contribution is -2.45. The second kappa shape index (κ2) is 11.9. The van der Waals surface area contributed by atoms with Crippen molar-refractivity contribution < 1.29 is 14.0 Å². The van der Waals surface area contributed by atoms with Gasteiger partial charge < -0.3 is 10.6 Å². The van der Waals surface area contributed by atoms with E-state index in [1.165, 1.54) is 29.8 Å². The second-order valence-corrected chi connectivity index (χ2v) is 8.89. The van der Waals surface area contributed by atoms with Crippen molar-refractivity contribution in [3.63, 3.8) is 0 Å². The SMILES string of the molecule is O=C(N[C@@H](Cc1ccccn1)C(=O)Nc1ccc(SCc2ccccc2)cc1)c1ccc(F)cc1. The normalized spacial score (nSPS) is 11.5. The maximum atomic E-state index is 13.2. The van der Waals surface area contributed by atoms with Gasteiger partial charge in [0.05, 0.1) is 0 Å². The van der Waals surface area contributed by atoms with Crippen LogP contribution in [0.5, 0.6) is 0 Å². The van der Waals surface area contributed by atoms with Crippen LogP contribution in [0, 0.1) is 5.82 Å². The lowest BCUT2D eigenvalue weighted by molar-refractivity contribution is -0.118. The van der Waals surface area contributed by atoms with Gasteiger partial charge in [-0.25, -0.2) is 4.39 Å². The first kappa shape index (κ1) is 24.2. The second-order valence-electron chi connectivity index (χ2n) is 7.85. The van der Waals surface area contributed by atoms with E-state index in [2.05, 4.69) is 27.8 Å². The molecule has 0 fully saturated rings. The predicted octanol–water partition coefficient (Wildman–Crippen LogP) is 5.49. The molecule has 0 spiro atoms. The van der Waals surface area contributed by atoms with Crippen LogP contribution >= 0.6 is 11.8 Å². The Labute approximate surface area is 207 Å². The van der Waals surface area contributed by atoms with Crippen LogP contribution in [0.1, 0.15) is 21.6 Å². The number of halogens is 1. The number of pyridine rings is 1. The number of thioether (sulfide) groups is 1. The number of nitrogens with one attached hydrogen (secondary N) is 2. The number of rotatable bonds is 9. The summed E-state index contributed by atoms with van der Waals surface area (Å²) in [4.78, 5) is 31.2. The van der Waals surface area contributed by atoms with Gasteiger partial charge in [0.15, 0.2) is 0 Å². The quantitative estimate of drug-likeness (QED) is 0.308. The predicted molar refractivity (Wildman–Crippen MR) is 137 cm³/mol. The number of benzene rings is 3. The monoisotopic (exact) mass is 485 g/mol. The summed E-state index contributed by atoms with van der Waals surface area (Å²) in [5.41, 5.74) is 2.80. The lowest BCUT2D eigenvalue weighted by atomic mass is 10.1. The Hall–Kier alpha value is -3.97. The molecular formula is C28H24FN3O2S. The summed E-state index contributed by atoms with van der Waals surface area (Å²) in [5.74, 6) is -0.409. The van der Waals surface area contributed by atoms with E-state index in [0.717, 1.165) is 10.6 Å². The van der Waals surface area contributed by atoms with E-state index in [1.807, 2.05) is 48.5 Å². The summed E-state index contributed by atoms with van der Waals surface area (Å²) < 4.78 is 13.2. The molecule has 0 radical (unpaired) electrons. The Morgan fingerprint density at radius 3 is 2.26 bits per heavy atom. The molecule has 4 aromatic rings. The molecule has 2 N–H and O–H groups in total. The molecule has 0 aliphatic carbocycles. The molecule has 0 aliphatic heterocycles. The molecule has 1 atom stereocenters. The molecule has 0 aliphatic rings. The summed E-state index contributed by atoms with van der Waals surface area (Å²) in [5, 5.41) is 5.63. The van der Waals surface area contributed by atoms with Crippen LogP contribution in [0.4, 0.5) is 10.1 Å². The van der Waals surface area contributed by atoms with Gasteiger partial charge in [-0.2, -0.15) is 0 Å². The summed E-state index contributed by atoms with van der Waals surface area (Å²) in [6, 6.07) is 27.5. The molecular weight excluding hydrogens is 461 g/mol. The van der Waals surface area contributed by atoms with Gasteiger partial charge in [-0.15, -0.1) is 11.8 Å². The standard InChI is InChI=1S/C28H24FN3O2S/c29-22-11-9-21(10-12-22)27(33)32-26(18-24-8-4-5-17-30-24)28(34)31-23-13-15-25(16-14-23)35-19-20-6-2-1-3-7-20/h1-17,26H,18-19H2,(H,31,34)(H,32,33)/t26-/m0/s1. The number of nitrogens with zero attached hydrogens (tertiary/aromatic N) is 1. The molecule has 3 aromatic carbocycles. The lowest BCUT2D eigenvalue weighted by Gasteiger charge is -2.18. The maximum absolute atomic E-state index is 13.2. The van der Waals surface area contributed by atoms with Gasteiger partial charge in [0, 0.05) is 40.2 Å². The zero-order chi connectivity index (χ0) is 24.5. The third-order valence-electron chi connectivity index (χ3n) is 5.24. The molecule has 0 bridgehead atoms. The number of carbonyl (C=O) groups is 2. The zero-order valence-electron chi connectivity index (χ0n) is 18.9. The van der Waals surface area contributed by atoms with Gasteiger partial charge in [-0.1, -0.05) is 36.4 Å². The molecule has 0 saturated heterocycles. The molecule has 2 amide bonds. The molecule has 1 aromatic heterocycles. The molecule has 1 heterocycles. The number of carbonyl (C=O) groups excluding carboxylic acids is 2. The number of hydrogen-bond acceptors (Lipinski definition) is 4. The van der Waals surface area contributed by atoms with Crippen molar-refractivity contribution in [3.05, 3.63) is 126 Å². The maximum Gasteiger partial charge on any atom is 0.251 e. The Balaban J connectivity index is 1.42. The van der Waals surface area contributed by atoms with E-state index in [-0.39, 0.29) is 17.9 Å². The molecule has 5 nitrogen and oxygen atoms in total. The molecule has 7 heteroatoms. The smallest absolute Gasteiger partial charge is 0.251 e. The van der Waals surface area contributed by atoms with E-state index in [4.69, 9.17) is 0 Å². The van der Waals surface area contributed by atoms with Crippen molar-refractivity contribution in [3.8, 4) is 0 Å². The first-order valence-electron chi connectivity index (χ1n) is 11.1. The van der Waals surface area contributed by atoms with E-state index < -0.39 is 17.8 Å². The Morgan fingerprint density at radius 1 is 0.857 bits per heavy atom. The van der Waals surface area contributed by atoms with Crippen LogP contribution < -0.4 is 10.6 Å². The Morgan fingerprint density at radius 2 is 1.57 bits per heavy atom. The zero-order valence-corrected chi connectivity index (χ0v) is 19.7. The third kappa shape index (κ3) is 7.25. The first-order valence-corrected chi connectivity index (χ1v) is 12.1. The highest BCUT2D eigenvalue weighted by Gasteiger charge is 2.23. The average Bonchev–Trinajstić information content (AvgIpc) is 2.89. The van der Waals surface area contributed by atoms with Crippen molar-refractivity contribution >= 4 is 29.3 Å². The van der Waals surface area contributed by atoms with Gasteiger partial charge >= 0.3 is 0 Å². The number of amides is 2. The minimum atomic E-state index is -0.866. The van der Waals surface area contributed by atoms with Gasteiger partial charge in [0.2, 0.25) is 5.91 Å². The highest BCUT2D eigenvalue weighted by Crippen LogP contribution is 2.24. The van der Waals surface area contributed by atoms with Crippen LogP contribution in [-0.4, -0.2) is 22.8 Å². The van der Waals surface area contributed by atoms with E-state index in [9.17, 15) is 14.0 Å². The van der Waals surface area contributed by atoms with Crippen molar-refractivity contribution in [2.75, 3.05) is 5.32 Å². The minimum absolute atomic E-state index is 0.213. The minimum Gasteiger partial charge on any atom is -0.340 e. The third-order valence-corrected chi connectivity index (χ3v) is 6.32. The highest BCUT2D eigenvalue weighted by atomic mass is 32.2. The van der Waals surface area contributed by atoms with E-state index in [0.29, 0.717) is 11.4 Å². The summed E-state index contributed by atoms with van der Waals surface area (Å²) in [6.07, 6.45) is 1.85. The van der Waals surface area contributed by atoms with Gasteiger partial charge in [-0.05, 0) is 66.2 Å². The van der Waals surface area contributed by atoms with Crippen molar-refractivity contribution in [1.29, 1.82) is 0 Å². The van der Waals surface area contributed by atoms with E-state index in [1.54, 1.807) is 30.1 Å². The van der Waals surface area contributed by atoms with Gasteiger partial charge in [0.1, 0.15) is 11.9 Å². The summed E-state index contributed by atoms with van der Waals surface area (Å²) in [6.45, 7) is 0. The van der Waals surface area contributed by atoms with Crippen molar-refractivity contribution in [2.24, 2.45) is 0 Å². The fraction of sp³-hybridized carbons (Fsp3) is 0.107. The Kier molecular flexibility index (Phi) is 8.25. The number of aromatic nitrogens is 1. The summed E-state index contributed by atoms with van der Waals surface area (Å²) >= 11 is 1.71. The fourth-order valence-electron chi connectivity index (χ4n) is 3.38. The topological polar surface area (TPSA) is 71.1 Å². The summed E-state index contributed by atoms with van der Waals surface area (Å²) in [7, 11) is 0. The molecule has 35 heavy (non-hydrogen) atoms. The molecule has 0 saturated carbocycles. The first-order chi connectivity index (χ1) is 17.1. The van der Waals surface area contributed by atoms with Crippen molar-refractivity contribution in [1.82, 2.24) is 10.3 Å². The number of anilines is 1. The molecule has 4 rings (SSSR count). The van der Waals surface area contributed by atoms with E-state index >= 15 is 0 Å². The highest BCUT2D eigenvalue weighted by molar-refractivity contribution is 7.98. The number of hydrogen-bond donors (Lipinski definition) is 2. The van der Waals surface area contributed by atoms with Crippen LogP contribution in [0.25, 0.3) is 0 Å². The largest absolute Gasteiger partial charge is 0.340 e. The van der Waals surface area contributed by atoms with Crippen molar-refractivity contribution in [2.45, 2.75) is 23.1 Å². The average molecular weight is 486 g/mol.